The molecule has 1 saturated heterocycles. The van der Waals surface area contributed by atoms with Crippen LogP contribution in [0.2, 0.25) is 0 Å². The van der Waals surface area contributed by atoms with Crippen LogP contribution in [0, 0.1) is 0 Å². The summed E-state index contributed by atoms with van der Waals surface area (Å²) in [5.74, 6) is -0.000771. The molecule has 0 radical (unpaired) electrons. The van der Waals surface area contributed by atoms with E-state index in [1.165, 1.54) is 6.07 Å². The van der Waals surface area contributed by atoms with Gasteiger partial charge in [0, 0.05) is 31.2 Å². The van der Waals surface area contributed by atoms with Gasteiger partial charge in [0.15, 0.2) is 11.7 Å². The Labute approximate surface area is 157 Å². The molecule has 1 N–H and O–H groups in total. The van der Waals surface area contributed by atoms with E-state index in [0.717, 1.165) is 30.5 Å². The molecule has 2 aliphatic heterocycles. The molecule has 1 aromatic rings. The number of nitrogens with one attached hydrogen (secondary N) is 1. The predicted octanol–water partition coefficient (Wildman–Crippen LogP) is 3.14. The number of hydrogen-bond acceptors (Lipinski definition) is 4. The number of halogens is 3. The minimum Gasteiger partial charge on any atom is -0.367 e. The molecule has 27 heavy (non-hydrogen) atoms. The number of aromatic nitrogens is 2. The Morgan fingerprint density at radius 3 is 2.74 bits per heavy atom. The summed E-state index contributed by atoms with van der Waals surface area (Å²) in [6, 6.07) is -0.432. The summed E-state index contributed by atoms with van der Waals surface area (Å²) in [5, 5.41) is 7.18. The van der Waals surface area contributed by atoms with Gasteiger partial charge in [0.05, 0.1) is 0 Å². The van der Waals surface area contributed by atoms with Gasteiger partial charge in [-0.25, -0.2) is 4.68 Å². The van der Waals surface area contributed by atoms with E-state index in [0.29, 0.717) is 13.0 Å². The number of alkyl halides is 3. The standard InChI is InChI=1S/C18H28F3N5O/c1-4-12-9-15(18(19,20)21)26-16(22-12)10-14(23-26)17(27)25-8-6-5-7-13(25)11-24(2)3/h10,12-13,15,22H,4-9,11H2,1-3H3/t12-,13-,15-/m1/s1. The number of carbonyl (C=O) groups excluding carboxylic acids is 1. The van der Waals surface area contributed by atoms with Crippen LogP contribution in [0.5, 0.6) is 0 Å². The molecule has 9 heteroatoms. The first-order chi connectivity index (χ1) is 12.7. The number of nitrogens with zero attached hydrogens (tertiary/aromatic N) is 4. The number of fused-ring (bicyclic) bond motifs is 1. The van der Waals surface area contributed by atoms with E-state index in [1.54, 1.807) is 4.90 Å². The Morgan fingerprint density at radius 1 is 1.37 bits per heavy atom. The van der Waals surface area contributed by atoms with Crippen molar-refractivity contribution >= 4 is 11.7 Å². The van der Waals surface area contributed by atoms with Crippen molar-refractivity contribution < 1.29 is 18.0 Å². The van der Waals surface area contributed by atoms with Gasteiger partial charge in [-0.2, -0.15) is 18.3 Å². The van der Waals surface area contributed by atoms with Crippen LogP contribution in [-0.2, 0) is 0 Å². The van der Waals surface area contributed by atoms with E-state index in [9.17, 15) is 18.0 Å². The quantitative estimate of drug-likeness (QED) is 0.863. The van der Waals surface area contributed by atoms with Crippen molar-refractivity contribution in [2.24, 2.45) is 0 Å². The van der Waals surface area contributed by atoms with Gasteiger partial charge in [0.2, 0.25) is 0 Å². The van der Waals surface area contributed by atoms with Gasteiger partial charge in [-0.3, -0.25) is 4.79 Å². The van der Waals surface area contributed by atoms with Gasteiger partial charge in [-0.15, -0.1) is 0 Å². The normalized spacial score (nSPS) is 26.0. The van der Waals surface area contributed by atoms with E-state index in [1.807, 2.05) is 25.9 Å². The van der Waals surface area contributed by atoms with Crippen LogP contribution >= 0.6 is 0 Å². The molecule has 0 aromatic carbocycles. The summed E-state index contributed by atoms with van der Waals surface area (Å²) in [6.45, 7) is 3.21. The molecule has 0 unspecified atom stereocenters. The minimum atomic E-state index is -4.39. The maximum atomic E-state index is 13.5. The van der Waals surface area contributed by atoms with E-state index < -0.39 is 12.2 Å². The highest BCUT2D eigenvalue weighted by molar-refractivity contribution is 5.93. The zero-order valence-electron chi connectivity index (χ0n) is 16.1. The number of amides is 1. The fourth-order valence-electron chi connectivity index (χ4n) is 4.05. The van der Waals surface area contributed by atoms with Crippen molar-refractivity contribution in [1.82, 2.24) is 19.6 Å². The molecule has 6 nitrogen and oxygen atoms in total. The first-order valence-corrected chi connectivity index (χ1v) is 9.59. The predicted molar refractivity (Wildman–Crippen MR) is 96.9 cm³/mol. The second kappa shape index (κ2) is 7.69. The molecule has 1 fully saturated rings. The van der Waals surface area contributed by atoms with Crippen LogP contribution in [0.15, 0.2) is 6.07 Å². The van der Waals surface area contributed by atoms with E-state index in [4.69, 9.17) is 0 Å². The van der Waals surface area contributed by atoms with Crippen LogP contribution in [0.25, 0.3) is 0 Å². The van der Waals surface area contributed by atoms with Crippen molar-refractivity contribution in [1.29, 1.82) is 0 Å². The van der Waals surface area contributed by atoms with Gasteiger partial charge in [-0.05, 0) is 46.2 Å². The Kier molecular flexibility index (Phi) is 5.69. The first kappa shape index (κ1) is 20.0. The van der Waals surface area contributed by atoms with E-state index >= 15 is 0 Å². The van der Waals surface area contributed by atoms with Crippen molar-refractivity contribution in [2.45, 2.75) is 63.3 Å². The van der Waals surface area contributed by atoms with Crippen molar-refractivity contribution in [3.8, 4) is 0 Å². The Morgan fingerprint density at radius 2 is 2.11 bits per heavy atom. The Bertz CT molecular complexity index is 672. The number of hydrogen-bond donors (Lipinski definition) is 1. The average Bonchev–Trinajstić information content (AvgIpc) is 3.03. The summed E-state index contributed by atoms with van der Waals surface area (Å²) < 4.78 is 41.5. The molecule has 1 aromatic heterocycles. The van der Waals surface area contributed by atoms with Gasteiger partial charge < -0.3 is 15.1 Å². The van der Waals surface area contributed by atoms with Crippen LogP contribution in [-0.4, -0.2) is 70.9 Å². The molecule has 3 heterocycles. The SMILES string of the molecule is CC[C@@H]1C[C@H](C(F)(F)F)n2nc(C(=O)N3CCCC[C@@H]3CN(C)C)cc2N1. The molecule has 0 saturated carbocycles. The highest BCUT2D eigenvalue weighted by Gasteiger charge is 2.46. The lowest BCUT2D eigenvalue weighted by Gasteiger charge is -2.36. The summed E-state index contributed by atoms with van der Waals surface area (Å²) in [5.41, 5.74) is 0.0918. The third-order valence-corrected chi connectivity index (χ3v) is 5.44. The lowest BCUT2D eigenvalue weighted by molar-refractivity contribution is -0.173. The number of likely N-dealkylation sites (N-methyl/N-ethyl adjacent to an activating group) is 1. The second-order valence-electron chi connectivity index (χ2n) is 7.81. The fraction of sp³-hybridized carbons (Fsp3) is 0.778. The van der Waals surface area contributed by atoms with Gasteiger partial charge in [-0.1, -0.05) is 6.92 Å². The monoisotopic (exact) mass is 387 g/mol. The van der Waals surface area contributed by atoms with Crippen LogP contribution in [0.1, 0.15) is 55.6 Å². The highest BCUT2D eigenvalue weighted by atomic mass is 19.4. The van der Waals surface area contributed by atoms with E-state index in [2.05, 4.69) is 10.4 Å². The third kappa shape index (κ3) is 4.23. The van der Waals surface area contributed by atoms with Crippen LogP contribution < -0.4 is 5.32 Å². The summed E-state index contributed by atoms with van der Waals surface area (Å²) in [7, 11) is 3.91. The summed E-state index contributed by atoms with van der Waals surface area (Å²) in [6.07, 6.45) is -1.02. The number of piperidine rings is 1. The smallest absolute Gasteiger partial charge is 0.367 e. The molecular formula is C18H28F3N5O. The zero-order chi connectivity index (χ0) is 19.8. The van der Waals surface area contributed by atoms with Crippen molar-refractivity contribution in [3.63, 3.8) is 0 Å². The molecule has 3 rings (SSSR count). The summed E-state index contributed by atoms with van der Waals surface area (Å²) >= 11 is 0. The topological polar surface area (TPSA) is 53.4 Å². The Hall–Kier alpha value is -1.77. The maximum absolute atomic E-state index is 13.5. The van der Waals surface area contributed by atoms with Gasteiger partial charge >= 0.3 is 6.18 Å². The van der Waals surface area contributed by atoms with Crippen molar-refractivity contribution in [2.75, 3.05) is 32.5 Å². The lowest BCUT2D eigenvalue weighted by atomic mass is 10.0. The number of rotatable bonds is 4. The molecule has 3 atom stereocenters. The van der Waals surface area contributed by atoms with E-state index in [-0.39, 0.29) is 35.9 Å². The average molecular weight is 387 g/mol. The molecule has 2 aliphatic rings. The fourth-order valence-corrected chi connectivity index (χ4v) is 4.05. The van der Waals surface area contributed by atoms with Gasteiger partial charge in [0.1, 0.15) is 5.82 Å². The summed E-state index contributed by atoms with van der Waals surface area (Å²) in [4.78, 5) is 16.8. The largest absolute Gasteiger partial charge is 0.410 e. The molecular weight excluding hydrogens is 359 g/mol. The van der Waals surface area contributed by atoms with Crippen molar-refractivity contribution in [3.05, 3.63) is 11.8 Å². The minimum absolute atomic E-state index is 0.0646. The molecule has 152 valence electrons. The molecule has 0 bridgehead atoms. The van der Waals surface area contributed by atoms with Crippen LogP contribution in [0.3, 0.4) is 0 Å². The van der Waals surface area contributed by atoms with Gasteiger partial charge in [0.25, 0.3) is 5.91 Å². The molecule has 0 aliphatic carbocycles. The first-order valence-electron chi connectivity index (χ1n) is 9.59. The zero-order valence-corrected chi connectivity index (χ0v) is 16.1. The second-order valence-corrected chi connectivity index (χ2v) is 7.81. The molecule has 0 spiro atoms. The number of likely N-dealkylation sites (tertiary alicyclic amines) is 1. The Balaban J connectivity index is 1.87. The number of carbonyl (C=O) groups is 1. The number of anilines is 1. The third-order valence-electron chi connectivity index (χ3n) is 5.44. The maximum Gasteiger partial charge on any atom is 0.410 e. The highest BCUT2D eigenvalue weighted by Crippen LogP contribution is 2.40. The lowest BCUT2D eigenvalue weighted by Crippen LogP contribution is -2.48. The molecule has 1 amide bonds. The van der Waals surface area contributed by atoms with Crippen LogP contribution in [0.4, 0.5) is 19.0 Å².